The van der Waals surface area contributed by atoms with E-state index in [4.69, 9.17) is 9.44 Å². The van der Waals surface area contributed by atoms with E-state index in [-0.39, 0.29) is 16.2 Å². The number of hydrogen-bond acceptors (Lipinski definition) is 4. The Kier molecular flexibility index (Phi) is 3.72. The van der Waals surface area contributed by atoms with Gasteiger partial charge in [-0.2, -0.15) is 13.7 Å². The van der Waals surface area contributed by atoms with Crippen LogP contribution < -0.4 is 4.18 Å². The summed E-state index contributed by atoms with van der Waals surface area (Å²) in [5.74, 6) is -0.635. The molecule has 0 aliphatic heterocycles. The summed E-state index contributed by atoms with van der Waals surface area (Å²) < 4.78 is 42.9. The molecule has 0 fully saturated rings. The van der Waals surface area contributed by atoms with E-state index in [1.165, 1.54) is 6.07 Å². The first-order valence-corrected chi connectivity index (χ1v) is 8.03. The van der Waals surface area contributed by atoms with Crippen LogP contribution in [0.5, 0.6) is 5.75 Å². The largest absolute Gasteiger partial charge is 0.379 e. The lowest BCUT2D eigenvalue weighted by molar-refractivity contribution is 0.486. The third kappa shape index (κ3) is 3.00. The molecular formula is C17H10FNO3S. The van der Waals surface area contributed by atoms with Crippen LogP contribution in [-0.4, -0.2) is 8.42 Å². The van der Waals surface area contributed by atoms with Crippen molar-refractivity contribution in [3.8, 4) is 11.8 Å². The summed E-state index contributed by atoms with van der Waals surface area (Å²) in [7, 11) is -4.15. The number of benzene rings is 3. The van der Waals surface area contributed by atoms with Crippen LogP contribution in [0.4, 0.5) is 4.39 Å². The normalized spacial score (nSPS) is 11.1. The minimum absolute atomic E-state index is 0.145. The molecule has 0 amide bonds. The second-order valence-electron chi connectivity index (χ2n) is 4.80. The Hall–Kier alpha value is -2.91. The number of rotatable bonds is 3. The van der Waals surface area contributed by atoms with Gasteiger partial charge in [0.15, 0.2) is 0 Å². The third-order valence-electron chi connectivity index (χ3n) is 3.27. The number of hydrogen-bond donors (Lipinski definition) is 0. The highest BCUT2D eigenvalue weighted by molar-refractivity contribution is 7.87. The summed E-state index contributed by atoms with van der Waals surface area (Å²) in [6.07, 6.45) is 0. The summed E-state index contributed by atoms with van der Waals surface area (Å²) >= 11 is 0. The molecular weight excluding hydrogens is 317 g/mol. The van der Waals surface area contributed by atoms with Gasteiger partial charge in [-0.1, -0.05) is 30.3 Å². The molecule has 0 radical (unpaired) electrons. The van der Waals surface area contributed by atoms with Crippen LogP contribution in [0.1, 0.15) is 5.56 Å². The highest BCUT2D eigenvalue weighted by Gasteiger charge is 2.19. The molecule has 0 aromatic heterocycles. The molecule has 0 unspecified atom stereocenters. The fourth-order valence-corrected chi connectivity index (χ4v) is 3.09. The highest BCUT2D eigenvalue weighted by Crippen LogP contribution is 2.24. The number of nitrogens with zero attached hydrogens (tertiary/aromatic N) is 1. The maximum atomic E-state index is 13.3. The van der Waals surface area contributed by atoms with Crippen LogP contribution in [0.2, 0.25) is 0 Å². The van der Waals surface area contributed by atoms with E-state index in [1.54, 1.807) is 18.2 Å². The van der Waals surface area contributed by atoms with Gasteiger partial charge in [0.1, 0.15) is 22.5 Å². The van der Waals surface area contributed by atoms with Gasteiger partial charge in [0, 0.05) is 0 Å². The second-order valence-corrected chi connectivity index (χ2v) is 6.35. The maximum Gasteiger partial charge on any atom is 0.339 e. The molecule has 0 heterocycles. The van der Waals surface area contributed by atoms with Crippen LogP contribution in [0.25, 0.3) is 10.8 Å². The zero-order valence-corrected chi connectivity index (χ0v) is 12.5. The molecule has 4 nitrogen and oxygen atoms in total. The van der Waals surface area contributed by atoms with Crippen molar-refractivity contribution in [2.75, 3.05) is 0 Å². The summed E-state index contributed by atoms with van der Waals surface area (Å²) in [6, 6.07) is 16.9. The molecule has 0 N–H and O–H groups in total. The van der Waals surface area contributed by atoms with E-state index >= 15 is 0 Å². The van der Waals surface area contributed by atoms with E-state index < -0.39 is 15.9 Å². The second kappa shape index (κ2) is 5.71. The lowest BCUT2D eigenvalue weighted by Crippen LogP contribution is -2.10. The third-order valence-corrected chi connectivity index (χ3v) is 4.52. The molecule has 0 spiro atoms. The van der Waals surface area contributed by atoms with Gasteiger partial charge in [-0.05, 0) is 41.1 Å². The summed E-state index contributed by atoms with van der Waals surface area (Å²) in [6.45, 7) is 0. The Labute approximate surface area is 132 Å². The Morgan fingerprint density at radius 3 is 2.43 bits per heavy atom. The molecule has 0 saturated heterocycles. The zero-order chi connectivity index (χ0) is 16.4. The summed E-state index contributed by atoms with van der Waals surface area (Å²) in [5.41, 5.74) is -0.354. The molecule has 0 aliphatic carbocycles. The van der Waals surface area contributed by atoms with Gasteiger partial charge in [-0.25, -0.2) is 4.39 Å². The van der Waals surface area contributed by atoms with Crippen molar-refractivity contribution in [3.05, 3.63) is 72.0 Å². The van der Waals surface area contributed by atoms with Crippen molar-refractivity contribution in [2.24, 2.45) is 0 Å². The molecule has 114 valence electrons. The molecule has 23 heavy (non-hydrogen) atoms. The monoisotopic (exact) mass is 327 g/mol. The van der Waals surface area contributed by atoms with Crippen LogP contribution in [0, 0.1) is 17.1 Å². The zero-order valence-electron chi connectivity index (χ0n) is 11.7. The predicted octanol–water partition coefficient (Wildman–Crippen LogP) is 3.62. The first-order chi connectivity index (χ1) is 11.0. The average Bonchev–Trinajstić information content (AvgIpc) is 2.54. The number of halogens is 1. The van der Waals surface area contributed by atoms with Crippen molar-refractivity contribution in [1.29, 1.82) is 5.26 Å². The van der Waals surface area contributed by atoms with Gasteiger partial charge in [0.05, 0.1) is 5.56 Å². The van der Waals surface area contributed by atoms with Gasteiger partial charge in [-0.3, -0.25) is 0 Å². The molecule has 0 aliphatic rings. The molecule has 6 heteroatoms. The number of fused-ring (bicyclic) bond motifs is 1. The SMILES string of the molecule is N#Cc1cc(S(=O)(=O)Oc2ccc3ccccc3c2)ccc1F. The van der Waals surface area contributed by atoms with E-state index in [2.05, 4.69) is 0 Å². The summed E-state index contributed by atoms with van der Waals surface area (Å²) in [5, 5.41) is 10.6. The van der Waals surface area contributed by atoms with E-state index in [1.807, 2.05) is 24.3 Å². The van der Waals surface area contributed by atoms with E-state index in [0.717, 1.165) is 29.0 Å². The summed E-state index contributed by atoms with van der Waals surface area (Å²) in [4.78, 5) is -0.274. The lowest BCUT2D eigenvalue weighted by atomic mass is 10.1. The van der Waals surface area contributed by atoms with Crippen LogP contribution in [0.15, 0.2) is 65.6 Å². The molecule has 3 aromatic rings. The minimum Gasteiger partial charge on any atom is -0.379 e. The standard InChI is InChI=1S/C17H10FNO3S/c18-17-8-7-16(10-14(17)11-19)23(20,21)22-15-6-5-12-3-1-2-4-13(12)9-15/h1-10H. The Balaban J connectivity index is 1.98. The first kappa shape index (κ1) is 15.0. The van der Waals surface area contributed by atoms with Crippen LogP contribution in [0.3, 0.4) is 0 Å². The van der Waals surface area contributed by atoms with E-state index in [9.17, 15) is 12.8 Å². The molecule has 3 aromatic carbocycles. The topological polar surface area (TPSA) is 67.2 Å². The Bertz CT molecular complexity index is 1040. The van der Waals surface area contributed by atoms with Gasteiger partial charge in [0.25, 0.3) is 0 Å². The van der Waals surface area contributed by atoms with Gasteiger partial charge in [-0.15, -0.1) is 0 Å². The predicted molar refractivity (Wildman–Crippen MR) is 82.9 cm³/mol. The van der Waals surface area contributed by atoms with Crippen molar-refractivity contribution < 1.29 is 17.0 Å². The van der Waals surface area contributed by atoms with Crippen molar-refractivity contribution in [1.82, 2.24) is 0 Å². The molecule has 0 saturated carbocycles. The van der Waals surface area contributed by atoms with E-state index in [0.29, 0.717) is 0 Å². The van der Waals surface area contributed by atoms with Crippen LogP contribution >= 0.6 is 0 Å². The quantitative estimate of drug-likeness (QED) is 0.689. The smallest absolute Gasteiger partial charge is 0.339 e. The first-order valence-electron chi connectivity index (χ1n) is 6.62. The molecule has 0 bridgehead atoms. The molecule has 0 atom stereocenters. The fourth-order valence-electron chi connectivity index (χ4n) is 2.14. The van der Waals surface area contributed by atoms with Gasteiger partial charge in [0.2, 0.25) is 0 Å². The van der Waals surface area contributed by atoms with Gasteiger partial charge >= 0.3 is 10.1 Å². The van der Waals surface area contributed by atoms with Crippen molar-refractivity contribution in [2.45, 2.75) is 4.90 Å². The maximum absolute atomic E-state index is 13.3. The minimum atomic E-state index is -4.15. The Morgan fingerprint density at radius 1 is 0.957 bits per heavy atom. The van der Waals surface area contributed by atoms with Crippen molar-refractivity contribution >= 4 is 20.9 Å². The molecule has 3 rings (SSSR count). The lowest BCUT2D eigenvalue weighted by Gasteiger charge is -2.08. The van der Waals surface area contributed by atoms with Gasteiger partial charge < -0.3 is 4.18 Å². The van der Waals surface area contributed by atoms with Crippen molar-refractivity contribution in [3.63, 3.8) is 0 Å². The average molecular weight is 327 g/mol. The highest BCUT2D eigenvalue weighted by atomic mass is 32.2. The number of nitriles is 1. The van der Waals surface area contributed by atoms with Crippen LogP contribution in [-0.2, 0) is 10.1 Å². The fraction of sp³-hybridized carbons (Fsp3) is 0. The Morgan fingerprint density at radius 2 is 1.70 bits per heavy atom.